The molecule has 0 unspecified atom stereocenters. The summed E-state index contributed by atoms with van der Waals surface area (Å²) in [5, 5.41) is 0. The number of hydrogen-bond donors (Lipinski definition) is 0. The highest BCUT2D eigenvalue weighted by Crippen LogP contribution is 2.36. The van der Waals surface area contributed by atoms with Crippen molar-refractivity contribution in [2.45, 2.75) is 51.7 Å². The van der Waals surface area contributed by atoms with Crippen LogP contribution in [0.25, 0.3) is 0 Å². The molecule has 110 valence electrons. The van der Waals surface area contributed by atoms with Crippen molar-refractivity contribution >= 4 is 12.6 Å². The van der Waals surface area contributed by atoms with Gasteiger partial charge in [-0.15, -0.1) is 0 Å². The van der Waals surface area contributed by atoms with Crippen molar-refractivity contribution in [2.24, 2.45) is 0 Å². The Morgan fingerprint density at radius 2 is 1.75 bits per heavy atom. The minimum atomic E-state index is -2.57. The highest BCUT2D eigenvalue weighted by atomic mass is 19.3. The van der Waals surface area contributed by atoms with E-state index in [0.717, 1.165) is 6.07 Å². The fourth-order valence-corrected chi connectivity index (χ4v) is 2.00. The first kappa shape index (κ1) is 15.3. The number of alkyl halides is 2. The van der Waals surface area contributed by atoms with Gasteiger partial charge in [0.05, 0.1) is 11.2 Å². The van der Waals surface area contributed by atoms with Crippen LogP contribution in [0.1, 0.15) is 33.3 Å². The first-order valence-corrected chi connectivity index (χ1v) is 6.40. The van der Waals surface area contributed by atoms with Gasteiger partial charge >= 0.3 is 7.12 Å². The number of nitrogens with zero attached hydrogens (tertiary/aromatic N) is 1. The summed E-state index contributed by atoms with van der Waals surface area (Å²) in [5.41, 5.74) is -0.668. The number of hydrogen-bond acceptors (Lipinski definition) is 3. The highest BCUT2D eigenvalue weighted by molar-refractivity contribution is 6.62. The summed E-state index contributed by atoms with van der Waals surface area (Å²) in [4.78, 5) is 3.52. The van der Waals surface area contributed by atoms with E-state index in [2.05, 4.69) is 4.98 Å². The molecule has 1 fully saturated rings. The molecule has 0 amide bonds. The lowest BCUT2D eigenvalue weighted by Gasteiger charge is -2.32. The molecule has 7 heteroatoms. The molecule has 0 radical (unpaired) electrons. The van der Waals surface area contributed by atoms with Gasteiger partial charge in [-0.2, -0.15) is 4.39 Å². The number of halogens is 3. The molecule has 1 aromatic rings. The van der Waals surface area contributed by atoms with E-state index in [9.17, 15) is 13.2 Å². The van der Waals surface area contributed by atoms with E-state index in [4.69, 9.17) is 9.31 Å². The monoisotopic (exact) mass is 287 g/mol. The van der Waals surface area contributed by atoms with Crippen LogP contribution in [-0.4, -0.2) is 29.7 Å². The minimum Gasteiger partial charge on any atom is -0.399 e. The summed E-state index contributed by atoms with van der Waals surface area (Å²) >= 11 is 0. The molecule has 1 aliphatic rings. The van der Waals surface area contributed by atoms with E-state index in [1.165, 1.54) is 6.20 Å². The Morgan fingerprint density at radius 1 is 1.20 bits per heavy atom. The van der Waals surface area contributed by atoms with Gasteiger partial charge in [-0.05, 0) is 39.3 Å². The van der Waals surface area contributed by atoms with Crippen molar-refractivity contribution in [3.63, 3.8) is 0 Å². The fraction of sp³-hybridized carbons (Fsp3) is 0.615. The number of rotatable bonds is 3. The van der Waals surface area contributed by atoms with E-state index in [1.54, 1.807) is 0 Å². The second-order valence-electron chi connectivity index (χ2n) is 5.89. The Balaban J connectivity index is 2.34. The SMILES string of the molecule is CC1(C)OB(c2cnc(F)cc2CC(F)F)OC1(C)C. The Kier molecular flexibility index (Phi) is 3.86. The van der Waals surface area contributed by atoms with Crippen molar-refractivity contribution < 1.29 is 22.5 Å². The molecule has 0 saturated carbocycles. The lowest BCUT2D eigenvalue weighted by Crippen LogP contribution is -2.41. The van der Waals surface area contributed by atoms with Crippen LogP contribution in [0.5, 0.6) is 0 Å². The van der Waals surface area contributed by atoms with E-state index in [1.807, 2.05) is 27.7 Å². The molecule has 0 spiro atoms. The zero-order valence-corrected chi connectivity index (χ0v) is 11.9. The van der Waals surface area contributed by atoms with Gasteiger partial charge in [0, 0.05) is 18.1 Å². The molecule has 2 rings (SSSR count). The average molecular weight is 287 g/mol. The molecule has 0 atom stereocenters. The van der Waals surface area contributed by atoms with Gasteiger partial charge < -0.3 is 9.31 Å². The third-order valence-corrected chi connectivity index (χ3v) is 3.87. The van der Waals surface area contributed by atoms with Crippen molar-refractivity contribution in [1.29, 1.82) is 0 Å². The lowest BCUT2D eigenvalue weighted by molar-refractivity contribution is 0.00578. The zero-order chi connectivity index (χ0) is 15.1. The summed E-state index contributed by atoms with van der Waals surface area (Å²) in [6.45, 7) is 7.43. The second-order valence-corrected chi connectivity index (χ2v) is 5.89. The number of aromatic nitrogens is 1. The Bertz CT molecular complexity index is 492. The maximum absolute atomic E-state index is 13.2. The molecule has 1 saturated heterocycles. The molecule has 2 heterocycles. The largest absolute Gasteiger partial charge is 0.496 e. The average Bonchev–Trinajstić information content (AvgIpc) is 2.46. The summed E-state index contributed by atoms with van der Waals surface area (Å²) in [6.07, 6.45) is -1.92. The summed E-state index contributed by atoms with van der Waals surface area (Å²) < 4.78 is 49.9. The van der Waals surface area contributed by atoms with Gasteiger partial charge in [-0.3, -0.25) is 0 Å². The van der Waals surface area contributed by atoms with E-state index in [0.29, 0.717) is 5.46 Å². The van der Waals surface area contributed by atoms with Crippen LogP contribution in [-0.2, 0) is 15.7 Å². The van der Waals surface area contributed by atoms with Crippen LogP contribution >= 0.6 is 0 Å². The van der Waals surface area contributed by atoms with Crippen molar-refractivity contribution in [2.75, 3.05) is 0 Å². The molecule has 0 aromatic carbocycles. The molecule has 3 nitrogen and oxygen atoms in total. The first-order chi connectivity index (χ1) is 9.12. The van der Waals surface area contributed by atoms with Gasteiger partial charge in [-0.1, -0.05) is 0 Å². The molecule has 0 bridgehead atoms. The van der Waals surface area contributed by atoms with Gasteiger partial charge in [0.1, 0.15) is 0 Å². The fourth-order valence-electron chi connectivity index (χ4n) is 2.00. The smallest absolute Gasteiger partial charge is 0.399 e. The van der Waals surface area contributed by atoms with Crippen LogP contribution < -0.4 is 5.46 Å². The molecule has 1 aliphatic heterocycles. The standard InChI is InChI=1S/C13H17BF3NO2/c1-12(2)13(3,4)20-14(19-12)9-7-18-11(17)6-8(9)5-10(15)16/h6-7,10H,5H2,1-4H3. The Morgan fingerprint density at radius 3 is 2.25 bits per heavy atom. The summed E-state index contributed by atoms with van der Waals surface area (Å²) in [6, 6.07) is 1.01. The molecular weight excluding hydrogens is 270 g/mol. The molecule has 0 N–H and O–H groups in total. The normalized spacial score (nSPS) is 20.7. The summed E-state index contributed by atoms with van der Waals surface area (Å²) in [5.74, 6) is -0.791. The van der Waals surface area contributed by atoms with Crippen LogP contribution in [0, 0.1) is 5.95 Å². The predicted octanol–water partition coefficient (Wildman–Crippen LogP) is 2.33. The molecule has 1 aromatic heterocycles. The Hall–Kier alpha value is -1.08. The van der Waals surface area contributed by atoms with Gasteiger partial charge in [-0.25, -0.2) is 13.8 Å². The maximum atomic E-state index is 13.2. The van der Waals surface area contributed by atoms with Crippen LogP contribution in [0.3, 0.4) is 0 Å². The quantitative estimate of drug-likeness (QED) is 0.631. The highest BCUT2D eigenvalue weighted by Gasteiger charge is 2.52. The van der Waals surface area contributed by atoms with E-state index >= 15 is 0 Å². The maximum Gasteiger partial charge on any atom is 0.496 e. The molecule has 20 heavy (non-hydrogen) atoms. The van der Waals surface area contributed by atoms with Gasteiger partial charge in [0.2, 0.25) is 12.4 Å². The van der Waals surface area contributed by atoms with Gasteiger partial charge in [0.25, 0.3) is 0 Å². The Labute approximate surface area is 116 Å². The minimum absolute atomic E-state index is 0.158. The lowest BCUT2D eigenvalue weighted by atomic mass is 9.76. The third-order valence-electron chi connectivity index (χ3n) is 3.87. The zero-order valence-electron chi connectivity index (χ0n) is 11.9. The topological polar surface area (TPSA) is 31.4 Å². The third kappa shape index (κ3) is 2.83. The second kappa shape index (κ2) is 5.04. The first-order valence-electron chi connectivity index (χ1n) is 6.40. The van der Waals surface area contributed by atoms with E-state index in [-0.39, 0.29) is 5.56 Å². The molecule has 0 aliphatic carbocycles. The van der Waals surface area contributed by atoms with Crippen molar-refractivity contribution in [1.82, 2.24) is 4.98 Å². The van der Waals surface area contributed by atoms with Gasteiger partial charge in [0.15, 0.2) is 0 Å². The molecular formula is C13H17BF3NO2. The summed E-state index contributed by atoms with van der Waals surface area (Å²) in [7, 11) is -0.818. The number of pyridine rings is 1. The van der Waals surface area contributed by atoms with Crippen molar-refractivity contribution in [3.05, 3.63) is 23.8 Å². The van der Waals surface area contributed by atoms with Crippen LogP contribution in [0.2, 0.25) is 0 Å². The van der Waals surface area contributed by atoms with Crippen LogP contribution in [0.4, 0.5) is 13.2 Å². The van der Waals surface area contributed by atoms with Crippen molar-refractivity contribution in [3.8, 4) is 0 Å². The predicted molar refractivity (Wildman–Crippen MR) is 69.6 cm³/mol. The van der Waals surface area contributed by atoms with Crippen LogP contribution in [0.15, 0.2) is 12.3 Å². The van der Waals surface area contributed by atoms with E-state index < -0.39 is 37.1 Å².